The summed E-state index contributed by atoms with van der Waals surface area (Å²) in [5.74, 6) is -0.999. The Labute approximate surface area is 105 Å². The molecule has 0 spiro atoms. The van der Waals surface area contributed by atoms with Crippen LogP contribution in [0, 0.1) is 6.92 Å². The van der Waals surface area contributed by atoms with E-state index >= 15 is 0 Å². The van der Waals surface area contributed by atoms with Gasteiger partial charge < -0.3 is 15.3 Å². The first-order chi connectivity index (χ1) is 8.58. The fraction of sp³-hybridized carbons (Fsp3) is 0.417. The number of aryl methyl sites for hydroxylation is 1. The van der Waals surface area contributed by atoms with E-state index in [-0.39, 0.29) is 11.5 Å². The highest BCUT2D eigenvalue weighted by atomic mass is 16.4. The van der Waals surface area contributed by atoms with Crippen molar-refractivity contribution in [2.45, 2.75) is 13.3 Å². The molecule has 0 radical (unpaired) electrons. The van der Waals surface area contributed by atoms with Gasteiger partial charge in [0.15, 0.2) is 0 Å². The van der Waals surface area contributed by atoms with Crippen molar-refractivity contribution < 1.29 is 14.7 Å². The van der Waals surface area contributed by atoms with Crippen LogP contribution >= 0.6 is 0 Å². The number of aromatic nitrogens is 1. The van der Waals surface area contributed by atoms with Gasteiger partial charge in [0.05, 0.1) is 5.69 Å². The Morgan fingerprint density at radius 1 is 1.50 bits per heavy atom. The first-order valence-electron chi connectivity index (χ1n) is 5.79. The van der Waals surface area contributed by atoms with Gasteiger partial charge in [0, 0.05) is 37.9 Å². The molecular formula is C12H15N3O3. The maximum absolute atomic E-state index is 11.3. The zero-order valence-corrected chi connectivity index (χ0v) is 10.1. The molecule has 0 atom stereocenters. The van der Waals surface area contributed by atoms with Gasteiger partial charge in [0.1, 0.15) is 5.56 Å². The molecule has 1 amide bonds. The summed E-state index contributed by atoms with van der Waals surface area (Å²) in [4.78, 5) is 28.4. The minimum absolute atomic E-state index is 0.000142. The minimum atomic E-state index is -0.999. The first kappa shape index (κ1) is 12.3. The zero-order chi connectivity index (χ0) is 13.1. The molecule has 0 saturated carbocycles. The number of pyridine rings is 1. The van der Waals surface area contributed by atoms with Crippen molar-refractivity contribution in [3.8, 4) is 0 Å². The van der Waals surface area contributed by atoms with Gasteiger partial charge >= 0.3 is 5.97 Å². The van der Waals surface area contributed by atoms with Crippen LogP contribution in [-0.2, 0) is 4.79 Å². The predicted octanol–water partition coefficient (Wildman–Crippen LogP) is 0.415. The third-order valence-corrected chi connectivity index (χ3v) is 2.90. The van der Waals surface area contributed by atoms with E-state index in [9.17, 15) is 9.59 Å². The molecule has 0 bridgehead atoms. The van der Waals surface area contributed by atoms with Crippen molar-refractivity contribution in [2.24, 2.45) is 0 Å². The number of nitrogens with zero attached hydrogens (tertiary/aromatic N) is 2. The van der Waals surface area contributed by atoms with E-state index in [1.807, 2.05) is 11.8 Å². The second-order valence-electron chi connectivity index (χ2n) is 4.23. The zero-order valence-electron chi connectivity index (χ0n) is 10.1. The Bertz CT molecular complexity index is 487. The SMILES string of the molecule is Cc1cc(N2CCNC(=O)CC2)c(C(=O)O)cn1. The Morgan fingerprint density at radius 3 is 3.00 bits per heavy atom. The lowest BCUT2D eigenvalue weighted by Crippen LogP contribution is -2.29. The fourth-order valence-corrected chi connectivity index (χ4v) is 1.98. The quantitative estimate of drug-likeness (QED) is 0.793. The second-order valence-corrected chi connectivity index (χ2v) is 4.23. The number of carbonyl (C=O) groups excluding carboxylic acids is 1. The van der Waals surface area contributed by atoms with E-state index < -0.39 is 5.97 Å². The monoisotopic (exact) mass is 249 g/mol. The minimum Gasteiger partial charge on any atom is -0.478 e. The molecule has 1 fully saturated rings. The number of hydrogen-bond donors (Lipinski definition) is 2. The van der Waals surface area contributed by atoms with Crippen LogP contribution < -0.4 is 10.2 Å². The second kappa shape index (κ2) is 5.03. The van der Waals surface area contributed by atoms with Crippen LogP contribution in [0.4, 0.5) is 5.69 Å². The van der Waals surface area contributed by atoms with E-state index in [2.05, 4.69) is 10.3 Å². The summed E-state index contributed by atoms with van der Waals surface area (Å²) in [6.45, 7) is 3.47. The molecule has 1 saturated heterocycles. The highest BCUT2D eigenvalue weighted by molar-refractivity contribution is 5.94. The van der Waals surface area contributed by atoms with Crippen molar-refractivity contribution in [2.75, 3.05) is 24.5 Å². The maximum atomic E-state index is 11.3. The molecule has 2 heterocycles. The number of carboxylic acids is 1. The lowest BCUT2D eigenvalue weighted by atomic mass is 10.2. The van der Waals surface area contributed by atoms with Crippen LogP contribution in [0.15, 0.2) is 12.3 Å². The summed E-state index contributed by atoms with van der Waals surface area (Å²) >= 11 is 0. The lowest BCUT2D eigenvalue weighted by Gasteiger charge is -2.23. The normalized spacial score (nSPS) is 16.1. The van der Waals surface area contributed by atoms with Gasteiger partial charge in [0.2, 0.25) is 5.91 Å². The fourth-order valence-electron chi connectivity index (χ4n) is 1.98. The standard InChI is InChI=1S/C12H15N3O3/c1-8-6-10(9(7-14-8)12(17)18)15-4-2-11(16)13-3-5-15/h6-7H,2-5H2,1H3,(H,13,16)(H,17,18). The van der Waals surface area contributed by atoms with Gasteiger partial charge in [-0.2, -0.15) is 0 Å². The number of amides is 1. The number of aromatic carboxylic acids is 1. The summed E-state index contributed by atoms with van der Waals surface area (Å²) in [6, 6.07) is 1.75. The number of anilines is 1. The molecule has 0 aliphatic carbocycles. The molecule has 1 aliphatic heterocycles. The van der Waals surface area contributed by atoms with Gasteiger partial charge in [-0.1, -0.05) is 0 Å². The summed E-state index contributed by atoms with van der Waals surface area (Å²) in [5, 5.41) is 11.9. The van der Waals surface area contributed by atoms with Gasteiger partial charge in [-0.05, 0) is 13.0 Å². The molecule has 6 heteroatoms. The van der Waals surface area contributed by atoms with Crippen molar-refractivity contribution in [3.05, 3.63) is 23.5 Å². The summed E-state index contributed by atoms with van der Waals surface area (Å²) in [7, 11) is 0. The Hall–Kier alpha value is -2.11. The summed E-state index contributed by atoms with van der Waals surface area (Å²) in [6.07, 6.45) is 1.74. The highest BCUT2D eigenvalue weighted by Crippen LogP contribution is 2.21. The number of rotatable bonds is 2. The molecule has 1 aromatic heterocycles. The average molecular weight is 249 g/mol. The van der Waals surface area contributed by atoms with E-state index in [1.54, 1.807) is 6.07 Å². The predicted molar refractivity (Wildman–Crippen MR) is 65.8 cm³/mol. The lowest BCUT2D eigenvalue weighted by molar-refractivity contribution is -0.120. The molecule has 1 aliphatic rings. The summed E-state index contributed by atoms with van der Waals surface area (Å²) in [5.41, 5.74) is 1.57. The van der Waals surface area contributed by atoms with Crippen molar-refractivity contribution in [3.63, 3.8) is 0 Å². The first-order valence-corrected chi connectivity index (χ1v) is 5.79. The highest BCUT2D eigenvalue weighted by Gasteiger charge is 2.19. The van der Waals surface area contributed by atoms with E-state index in [0.717, 1.165) is 5.69 Å². The van der Waals surface area contributed by atoms with Gasteiger partial charge in [0.25, 0.3) is 0 Å². The molecule has 2 N–H and O–H groups in total. The molecule has 0 aromatic carbocycles. The third kappa shape index (κ3) is 2.58. The number of carboxylic acid groups (broad SMARTS) is 1. The number of carbonyl (C=O) groups is 2. The van der Waals surface area contributed by atoms with Crippen LogP contribution in [-0.4, -0.2) is 41.6 Å². The Balaban J connectivity index is 2.33. The largest absolute Gasteiger partial charge is 0.478 e. The van der Waals surface area contributed by atoms with E-state index in [4.69, 9.17) is 5.11 Å². The molecule has 0 unspecified atom stereocenters. The maximum Gasteiger partial charge on any atom is 0.339 e. The van der Waals surface area contributed by atoms with Gasteiger partial charge in [-0.3, -0.25) is 9.78 Å². The van der Waals surface area contributed by atoms with Crippen molar-refractivity contribution in [1.82, 2.24) is 10.3 Å². The van der Waals surface area contributed by atoms with Crippen LogP contribution in [0.1, 0.15) is 22.5 Å². The Morgan fingerprint density at radius 2 is 2.28 bits per heavy atom. The average Bonchev–Trinajstić information content (AvgIpc) is 2.53. The van der Waals surface area contributed by atoms with Crippen molar-refractivity contribution in [1.29, 1.82) is 0 Å². The van der Waals surface area contributed by atoms with E-state index in [0.29, 0.717) is 31.7 Å². The smallest absolute Gasteiger partial charge is 0.339 e. The molecule has 6 nitrogen and oxygen atoms in total. The molecule has 1 aromatic rings. The van der Waals surface area contributed by atoms with Gasteiger partial charge in [-0.15, -0.1) is 0 Å². The molecule has 2 rings (SSSR count). The van der Waals surface area contributed by atoms with Gasteiger partial charge in [-0.25, -0.2) is 4.79 Å². The number of hydrogen-bond acceptors (Lipinski definition) is 4. The molecule has 96 valence electrons. The van der Waals surface area contributed by atoms with Crippen LogP contribution in [0.5, 0.6) is 0 Å². The molecule has 18 heavy (non-hydrogen) atoms. The third-order valence-electron chi connectivity index (χ3n) is 2.90. The van der Waals surface area contributed by atoms with E-state index in [1.165, 1.54) is 6.20 Å². The topological polar surface area (TPSA) is 82.5 Å². The number of nitrogens with one attached hydrogen (secondary N) is 1. The van der Waals surface area contributed by atoms with Crippen molar-refractivity contribution >= 4 is 17.6 Å². The van der Waals surface area contributed by atoms with Crippen LogP contribution in [0.25, 0.3) is 0 Å². The molecular weight excluding hydrogens is 234 g/mol. The Kier molecular flexibility index (Phi) is 3.45. The van der Waals surface area contributed by atoms with Crippen LogP contribution in [0.2, 0.25) is 0 Å². The summed E-state index contributed by atoms with van der Waals surface area (Å²) < 4.78 is 0. The van der Waals surface area contributed by atoms with Crippen LogP contribution in [0.3, 0.4) is 0 Å².